The van der Waals surface area contributed by atoms with Gasteiger partial charge in [-0.3, -0.25) is 0 Å². The van der Waals surface area contributed by atoms with Crippen molar-refractivity contribution >= 4 is 0 Å². The van der Waals surface area contributed by atoms with Crippen LogP contribution in [0.2, 0.25) is 0 Å². The van der Waals surface area contributed by atoms with Gasteiger partial charge >= 0.3 is 0 Å². The van der Waals surface area contributed by atoms with Gasteiger partial charge in [-0.25, -0.2) is 0 Å². The highest BCUT2D eigenvalue weighted by Gasteiger charge is 2.23. The Morgan fingerprint density at radius 1 is 0.474 bits per heavy atom. The lowest BCUT2D eigenvalue weighted by Gasteiger charge is -2.38. The number of hydrogen-bond acceptors (Lipinski definition) is 1. The Balaban J connectivity index is 0. The van der Waals surface area contributed by atoms with Crippen LogP contribution < -0.4 is 0 Å². The van der Waals surface area contributed by atoms with Crippen molar-refractivity contribution in [3.63, 3.8) is 0 Å². The summed E-state index contributed by atoms with van der Waals surface area (Å²) in [6, 6.07) is 0. The molecule has 118 valence electrons. The van der Waals surface area contributed by atoms with E-state index in [9.17, 15) is 0 Å². The summed E-state index contributed by atoms with van der Waals surface area (Å²) < 4.78 is 1.40. The lowest BCUT2D eigenvalue weighted by atomic mass is 10.1. The fourth-order valence-corrected chi connectivity index (χ4v) is 3.32. The first-order chi connectivity index (χ1) is 8.74. The van der Waals surface area contributed by atoms with Crippen molar-refractivity contribution in [3.05, 3.63) is 0 Å². The second-order valence-corrected chi connectivity index (χ2v) is 6.00. The van der Waals surface area contributed by atoms with Crippen molar-refractivity contribution in [3.8, 4) is 0 Å². The Bertz CT molecular complexity index is 154. The van der Waals surface area contributed by atoms with Gasteiger partial charge in [0.2, 0.25) is 0 Å². The minimum absolute atomic E-state index is 0. The van der Waals surface area contributed by atoms with E-state index >= 15 is 0 Å². The lowest BCUT2D eigenvalue weighted by Crippen LogP contribution is -2.50. The van der Waals surface area contributed by atoms with Crippen molar-refractivity contribution in [1.82, 2.24) is 0 Å². The Hall–Kier alpha value is -0.0800. The molecular formula is C17H39NO. The Morgan fingerprint density at radius 3 is 1.32 bits per heavy atom. The third-order valence-corrected chi connectivity index (χ3v) is 4.08. The van der Waals surface area contributed by atoms with Crippen LogP contribution in [0.15, 0.2) is 0 Å². The minimum Gasteiger partial charge on any atom is -0.870 e. The van der Waals surface area contributed by atoms with E-state index in [4.69, 9.17) is 0 Å². The van der Waals surface area contributed by atoms with E-state index in [-0.39, 0.29) is 5.48 Å². The second kappa shape index (κ2) is 14.3. The van der Waals surface area contributed by atoms with Gasteiger partial charge in [-0.1, -0.05) is 53.4 Å². The van der Waals surface area contributed by atoms with Crippen LogP contribution in [0.25, 0.3) is 0 Å². The smallest absolute Gasteiger partial charge is 0.0786 e. The fraction of sp³-hybridized carbons (Fsp3) is 1.00. The van der Waals surface area contributed by atoms with E-state index < -0.39 is 0 Å². The lowest BCUT2D eigenvalue weighted by molar-refractivity contribution is -0.928. The van der Waals surface area contributed by atoms with Gasteiger partial charge in [0.15, 0.2) is 0 Å². The minimum atomic E-state index is 0. The van der Waals surface area contributed by atoms with Crippen molar-refractivity contribution in [2.45, 2.75) is 85.5 Å². The van der Waals surface area contributed by atoms with Crippen LogP contribution >= 0.6 is 0 Å². The molecule has 0 aliphatic rings. The average molecular weight is 274 g/mol. The maximum absolute atomic E-state index is 2.35. The summed E-state index contributed by atoms with van der Waals surface area (Å²) in [5, 5.41) is 0. The van der Waals surface area contributed by atoms with Crippen LogP contribution in [-0.4, -0.2) is 36.1 Å². The largest absolute Gasteiger partial charge is 0.870 e. The molecule has 0 saturated heterocycles. The fourth-order valence-electron chi connectivity index (χ4n) is 3.32. The summed E-state index contributed by atoms with van der Waals surface area (Å²) >= 11 is 0. The van der Waals surface area contributed by atoms with E-state index in [0.29, 0.717) is 0 Å². The predicted molar refractivity (Wildman–Crippen MR) is 85.9 cm³/mol. The normalized spacial score (nSPS) is 11.4. The Labute approximate surface area is 122 Å². The molecule has 0 unspecified atom stereocenters. The first-order valence-corrected chi connectivity index (χ1v) is 8.59. The molecule has 0 bridgehead atoms. The highest BCUT2D eigenvalue weighted by Crippen LogP contribution is 2.15. The summed E-state index contributed by atoms with van der Waals surface area (Å²) in [5.74, 6) is 0. The van der Waals surface area contributed by atoms with Crippen molar-refractivity contribution in [2.75, 3.05) is 26.2 Å². The first kappa shape index (κ1) is 21.2. The number of quaternary nitrogens is 1. The quantitative estimate of drug-likeness (QED) is 0.334. The van der Waals surface area contributed by atoms with E-state index in [1.165, 1.54) is 88.4 Å². The number of nitrogens with zero attached hydrogens (tertiary/aromatic N) is 1. The molecule has 0 aromatic rings. The third-order valence-electron chi connectivity index (χ3n) is 4.08. The molecule has 0 aliphatic carbocycles. The summed E-state index contributed by atoms with van der Waals surface area (Å²) in [6.45, 7) is 15.0. The van der Waals surface area contributed by atoms with Gasteiger partial charge in [0.05, 0.1) is 26.2 Å². The Morgan fingerprint density at radius 2 is 0.895 bits per heavy atom. The van der Waals surface area contributed by atoms with Gasteiger partial charge in [0.1, 0.15) is 0 Å². The second-order valence-electron chi connectivity index (χ2n) is 6.00. The molecule has 0 fully saturated rings. The molecule has 0 radical (unpaired) electrons. The summed E-state index contributed by atoms with van der Waals surface area (Å²) in [7, 11) is 0. The van der Waals surface area contributed by atoms with Crippen molar-refractivity contribution < 1.29 is 9.96 Å². The van der Waals surface area contributed by atoms with E-state index in [1.807, 2.05) is 0 Å². The van der Waals surface area contributed by atoms with Crippen LogP contribution in [0.5, 0.6) is 0 Å². The zero-order valence-electron chi connectivity index (χ0n) is 14.1. The maximum Gasteiger partial charge on any atom is 0.0786 e. The van der Waals surface area contributed by atoms with Gasteiger partial charge in [-0.05, 0) is 32.1 Å². The van der Waals surface area contributed by atoms with Gasteiger partial charge < -0.3 is 9.96 Å². The van der Waals surface area contributed by atoms with E-state index in [0.717, 1.165) is 0 Å². The topological polar surface area (TPSA) is 30.0 Å². The van der Waals surface area contributed by atoms with Crippen molar-refractivity contribution in [2.24, 2.45) is 0 Å². The van der Waals surface area contributed by atoms with Gasteiger partial charge in [0, 0.05) is 0 Å². The van der Waals surface area contributed by atoms with E-state index in [1.54, 1.807) is 0 Å². The molecular weight excluding hydrogens is 234 g/mol. The molecule has 0 heterocycles. The zero-order valence-corrected chi connectivity index (χ0v) is 14.1. The average Bonchev–Trinajstić information content (AvgIpc) is 2.35. The molecule has 2 heteroatoms. The number of hydrogen-bond donors (Lipinski definition) is 0. The molecule has 0 atom stereocenters. The van der Waals surface area contributed by atoms with Gasteiger partial charge in [0.25, 0.3) is 0 Å². The summed E-state index contributed by atoms with van der Waals surface area (Å²) in [5.41, 5.74) is 0. The maximum atomic E-state index is 2.35. The molecule has 0 aromatic heterocycles. The van der Waals surface area contributed by atoms with Crippen LogP contribution in [0, 0.1) is 0 Å². The molecule has 0 amide bonds. The standard InChI is InChI=1S/C17H38N.H2O/c1-5-9-10-11-12-13-17-18(14-6-2,15-7-3)16-8-4;/h5-17H2,1-4H3;1H2/q+1;/p-1. The molecule has 19 heavy (non-hydrogen) atoms. The Kier molecular flexibility index (Phi) is 16.0. The highest BCUT2D eigenvalue weighted by molar-refractivity contribution is 4.48. The number of unbranched alkanes of at least 4 members (excludes halogenated alkanes) is 5. The molecule has 0 aromatic carbocycles. The molecule has 1 N–H and O–H groups in total. The van der Waals surface area contributed by atoms with Crippen LogP contribution in [0.3, 0.4) is 0 Å². The zero-order chi connectivity index (χ0) is 13.7. The first-order valence-electron chi connectivity index (χ1n) is 8.59. The van der Waals surface area contributed by atoms with Gasteiger partial charge in [-0.2, -0.15) is 0 Å². The monoisotopic (exact) mass is 273 g/mol. The molecule has 0 saturated carbocycles. The summed E-state index contributed by atoms with van der Waals surface area (Å²) in [6.07, 6.45) is 12.6. The SMILES string of the molecule is CCCCCCCC[N+](CCC)(CCC)CCC.[OH-]. The van der Waals surface area contributed by atoms with Crippen molar-refractivity contribution in [1.29, 1.82) is 0 Å². The molecule has 2 nitrogen and oxygen atoms in total. The number of rotatable bonds is 13. The molecule has 0 rings (SSSR count). The highest BCUT2D eigenvalue weighted by atomic mass is 16.0. The van der Waals surface area contributed by atoms with Crippen LogP contribution in [0.1, 0.15) is 85.5 Å². The van der Waals surface area contributed by atoms with E-state index in [2.05, 4.69) is 27.7 Å². The third kappa shape index (κ3) is 10.4. The molecule has 0 aliphatic heterocycles. The van der Waals surface area contributed by atoms with Gasteiger partial charge in [-0.15, -0.1) is 0 Å². The summed E-state index contributed by atoms with van der Waals surface area (Å²) in [4.78, 5) is 0. The molecule has 0 spiro atoms. The van der Waals surface area contributed by atoms with Crippen LogP contribution in [0.4, 0.5) is 0 Å². The predicted octanol–water partition coefficient (Wildman–Crippen LogP) is 5.22. The van der Waals surface area contributed by atoms with Crippen LogP contribution in [-0.2, 0) is 0 Å².